The van der Waals surface area contributed by atoms with Crippen LogP contribution in [-0.4, -0.2) is 38.2 Å². The molecular formula is C18H27F3N2O. The lowest BCUT2D eigenvalue weighted by atomic mass is 9.86. The van der Waals surface area contributed by atoms with Gasteiger partial charge >= 0.3 is 6.18 Å². The summed E-state index contributed by atoms with van der Waals surface area (Å²) >= 11 is 0. The molecule has 0 bridgehead atoms. The lowest BCUT2D eigenvalue weighted by Gasteiger charge is -2.39. The molecule has 1 fully saturated rings. The molecule has 1 heterocycles. The first kappa shape index (κ1) is 19.1. The average Bonchev–Trinajstić information content (AvgIpc) is 2.55. The largest absolute Gasteiger partial charge is 0.497 e. The van der Waals surface area contributed by atoms with Crippen LogP contribution in [0.2, 0.25) is 0 Å². The Bertz CT molecular complexity index is 527. The van der Waals surface area contributed by atoms with Crippen molar-refractivity contribution in [3.05, 3.63) is 29.3 Å². The van der Waals surface area contributed by atoms with E-state index in [1.807, 2.05) is 0 Å². The molecule has 24 heavy (non-hydrogen) atoms. The number of hydrogen-bond donors (Lipinski definition) is 1. The molecule has 0 aliphatic carbocycles. The quantitative estimate of drug-likeness (QED) is 0.841. The second-order valence-corrected chi connectivity index (χ2v) is 6.45. The highest BCUT2D eigenvalue weighted by Crippen LogP contribution is 2.41. The molecule has 0 saturated carbocycles. The number of rotatable bonds is 6. The smallest absolute Gasteiger partial charge is 0.416 e. The SMILES string of the molecule is CCCC(C)[C@@H](c1ccc(OC)cc1C(F)(F)F)N1CCNCC1. The summed E-state index contributed by atoms with van der Waals surface area (Å²) in [6, 6.07) is 4.14. The first-order chi connectivity index (χ1) is 11.4. The van der Waals surface area contributed by atoms with E-state index in [2.05, 4.69) is 24.1 Å². The number of halogens is 3. The van der Waals surface area contributed by atoms with Gasteiger partial charge in [-0.1, -0.05) is 26.3 Å². The second kappa shape index (κ2) is 8.21. The Hall–Kier alpha value is -1.27. The zero-order chi connectivity index (χ0) is 17.7. The number of hydrogen-bond acceptors (Lipinski definition) is 3. The normalized spacial score (nSPS) is 19.1. The Balaban J connectivity index is 2.47. The Morgan fingerprint density at radius 3 is 2.46 bits per heavy atom. The summed E-state index contributed by atoms with van der Waals surface area (Å²) < 4.78 is 46.0. The van der Waals surface area contributed by atoms with Gasteiger partial charge in [0.25, 0.3) is 0 Å². The van der Waals surface area contributed by atoms with Crippen LogP contribution in [-0.2, 0) is 6.18 Å². The van der Waals surface area contributed by atoms with E-state index in [-0.39, 0.29) is 17.7 Å². The van der Waals surface area contributed by atoms with Crippen molar-refractivity contribution >= 4 is 0 Å². The minimum atomic E-state index is -4.39. The van der Waals surface area contributed by atoms with E-state index in [9.17, 15) is 13.2 Å². The molecule has 3 nitrogen and oxygen atoms in total. The number of benzene rings is 1. The number of methoxy groups -OCH3 is 1. The summed E-state index contributed by atoms with van der Waals surface area (Å²) in [6.07, 6.45) is -2.53. The van der Waals surface area contributed by atoms with Gasteiger partial charge in [0.1, 0.15) is 5.75 Å². The molecule has 1 saturated heterocycles. The van der Waals surface area contributed by atoms with E-state index in [0.717, 1.165) is 45.1 Å². The molecule has 6 heteroatoms. The van der Waals surface area contributed by atoms with Gasteiger partial charge in [0.05, 0.1) is 12.7 Å². The van der Waals surface area contributed by atoms with Gasteiger partial charge in [-0.05, 0) is 30.0 Å². The van der Waals surface area contributed by atoms with Crippen LogP contribution in [0.15, 0.2) is 18.2 Å². The van der Waals surface area contributed by atoms with Crippen LogP contribution in [0.1, 0.15) is 43.9 Å². The van der Waals surface area contributed by atoms with E-state index in [4.69, 9.17) is 4.74 Å². The fourth-order valence-corrected chi connectivity index (χ4v) is 3.60. The molecule has 1 aromatic carbocycles. The van der Waals surface area contributed by atoms with E-state index in [0.29, 0.717) is 5.56 Å². The monoisotopic (exact) mass is 344 g/mol. The highest BCUT2D eigenvalue weighted by molar-refractivity contribution is 5.39. The van der Waals surface area contributed by atoms with Gasteiger partial charge in [-0.15, -0.1) is 0 Å². The molecule has 2 atom stereocenters. The molecule has 0 spiro atoms. The van der Waals surface area contributed by atoms with E-state index >= 15 is 0 Å². The van der Waals surface area contributed by atoms with Crippen molar-refractivity contribution in [2.24, 2.45) is 5.92 Å². The molecule has 136 valence electrons. The van der Waals surface area contributed by atoms with Crippen molar-refractivity contribution in [3.8, 4) is 5.75 Å². The van der Waals surface area contributed by atoms with Gasteiger partial charge in [-0.2, -0.15) is 13.2 Å². The van der Waals surface area contributed by atoms with Crippen molar-refractivity contribution in [1.29, 1.82) is 0 Å². The van der Waals surface area contributed by atoms with Crippen LogP contribution in [0.25, 0.3) is 0 Å². The summed E-state index contributed by atoms with van der Waals surface area (Å²) in [6.45, 7) is 7.29. The van der Waals surface area contributed by atoms with E-state index < -0.39 is 11.7 Å². The molecule has 1 N–H and O–H groups in total. The van der Waals surface area contributed by atoms with E-state index in [1.54, 1.807) is 12.1 Å². The van der Waals surface area contributed by atoms with Crippen LogP contribution >= 0.6 is 0 Å². The molecule has 1 aliphatic heterocycles. The van der Waals surface area contributed by atoms with Gasteiger partial charge in [0.15, 0.2) is 0 Å². The van der Waals surface area contributed by atoms with Gasteiger partial charge in [0.2, 0.25) is 0 Å². The molecule has 2 rings (SSSR count). The fourth-order valence-electron chi connectivity index (χ4n) is 3.60. The molecule has 1 aliphatic rings. The Morgan fingerprint density at radius 2 is 1.92 bits per heavy atom. The highest BCUT2D eigenvalue weighted by atomic mass is 19.4. The second-order valence-electron chi connectivity index (χ2n) is 6.45. The zero-order valence-corrected chi connectivity index (χ0v) is 14.6. The third kappa shape index (κ3) is 4.42. The number of piperazine rings is 1. The van der Waals surface area contributed by atoms with E-state index in [1.165, 1.54) is 7.11 Å². The summed E-state index contributed by atoms with van der Waals surface area (Å²) in [7, 11) is 1.39. The first-order valence-electron chi connectivity index (χ1n) is 8.58. The predicted octanol–water partition coefficient (Wildman–Crippen LogP) is 4.10. The third-order valence-corrected chi connectivity index (χ3v) is 4.71. The van der Waals surface area contributed by atoms with Crippen molar-refractivity contribution in [2.75, 3.05) is 33.3 Å². The summed E-state index contributed by atoms with van der Waals surface area (Å²) in [5.41, 5.74) is -0.209. The predicted molar refractivity (Wildman–Crippen MR) is 89.3 cm³/mol. The minimum Gasteiger partial charge on any atom is -0.497 e. The van der Waals surface area contributed by atoms with Gasteiger partial charge in [-0.3, -0.25) is 4.90 Å². The maximum absolute atomic E-state index is 13.7. The number of nitrogens with zero attached hydrogens (tertiary/aromatic N) is 1. The molecule has 1 unspecified atom stereocenters. The van der Waals surface area contributed by atoms with Crippen LogP contribution in [0.4, 0.5) is 13.2 Å². The average molecular weight is 344 g/mol. The summed E-state index contributed by atoms with van der Waals surface area (Å²) in [5, 5.41) is 3.27. The molecule has 0 aromatic heterocycles. The lowest BCUT2D eigenvalue weighted by molar-refractivity contribution is -0.139. The fraction of sp³-hybridized carbons (Fsp3) is 0.667. The van der Waals surface area contributed by atoms with Crippen LogP contribution in [0, 0.1) is 5.92 Å². The number of nitrogens with one attached hydrogen (secondary N) is 1. The Labute approximate surface area is 142 Å². The molecule has 1 aromatic rings. The van der Waals surface area contributed by atoms with Crippen molar-refractivity contribution in [3.63, 3.8) is 0 Å². The van der Waals surface area contributed by atoms with Crippen LogP contribution in [0.5, 0.6) is 5.75 Å². The van der Waals surface area contributed by atoms with Gasteiger partial charge in [-0.25, -0.2) is 0 Å². The Kier molecular flexibility index (Phi) is 6.52. The molecular weight excluding hydrogens is 317 g/mol. The maximum atomic E-state index is 13.7. The molecule has 0 amide bonds. The molecule has 0 radical (unpaired) electrons. The standard InChI is InChI=1S/C18H27F3N2O/c1-4-5-13(2)17(23-10-8-22-9-11-23)15-7-6-14(24-3)12-16(15)18(19,20)21/h6-7,12-13,17,22H,4-5,8-11H2,1-3H3/t13?,17-/m0/s1. The third-order valence-electron chi connectivity index (χ3n) is 4.71. The van der Waals surface area contributed by atoms with Crippen molar-refractivity contribution < 1.29 is 17.9 Å². The topological polar surface area (TPSA) is 24.5 Å². The summed E-state index contributed by atoms with van der Waals surface area (Å²) in [4.78, 5) is 2.19. The van der Waals surface area contributed by atoms with Crippen molar-refractivity contribution in [1.82, 2.24) is 10.2 Å². The van der Waals surface area contributed by atoms with Crippen LogP contribution < -0.4 is 10.1 Å². The maximum Gasteiger partial charge on any atom is 0.416 e. The lowest BCUT2D eigenvalue weighted by Crippen LogP contribution is -2.47. The first-order valence-corrected chi connectivity index (χ1v) is 8.58. The van der Waals surface area contributed by atoms with Gasteiger partial charge < -0.3 is 10.1 Å². The van der Waals surface area contributed by atoms with Crippen LogP contribution in [0.3, 0.4) is 0 Å². The number of ether oxygens (including phenoxy) is 1. The number of alkyl halides is 3. The summed E-state index contributed by atoms with van der Waals surface area (Å²) in [5.74, 6) is 0.399. The minimum absolute atomic E-state index is 0.155. The Morgan fingerprint density at radius 1 is 1.25 bits per heavy atom. The van der Waals surface area contributed by atoms with Crippen molar-refractivity contribution in [2.45, 2.75) is 38.9 Å². The van der Waals surface area contributed by atoms with Gasteiger partial charge in [0, 0.05) is 32.2 Å². The zero-order valence-electron chi connectivity index (χ0n) is 14.6. The highest BCUT2D eigenvalue weighted by Gasteiger charge is 2.38.